The lowest BCUT2D eigenvalue weighted by Crippen LogP contribution is -2.73. The zero-order valence-electron chi connectivity index (χ0n) is 26.6. The normalized spacial score (nSPS) is 49.5. The van der Waals surface area contributed by atoms with E-state index in [2.05, 4.69) is 47.6 Å². The Labute approximate surface area is 246 Å². The first-order valence-corrected chi connectivity index (χ1v) is 16.1. The quantitative estimate of drug-likeness (QED) is 0.215. The number of aliphatic hydroxyl groups is 1. The minimum absolute atomic E-state index is 0.000216. The van der Waals surface area contributed by atoms with Gasteiger partial charge in [0.25, 0.3) is 0 Å². The maximum atomic E-state index is 13.4. The molecule has 2 heterocycles. The van der Waals surface area contributed by atoms with E-state index in [4.69, 9.17) is 9.47 Å². The molecule has 2 saturated heterocycles. The minimum Gasteiger partial charge on any atom is -0.481 e. The molecule has 0 aromatic rings. The zero-order valence-corrected chi connectivity index (χ0v) is 26.6. The summed E-state index contributed by atoms with van der Waals surface area (Å²) < 4.78 is 12.5. The first kappa shape index (κ1) is 29.4. The van der Waals surface area contributed by atoms with Gasteiger partial charge in [0.2, 0.25) is 0 Å². The van der Waals surface area contributed by atoms with E-state index in [1.807, 2.05) is 6.92 Å². The summed E-state index contributed by atoms with van der Waals surface area (Å²) in [4.78, 5) is 26.4. The van der Waals surface area contributed by atoms with Gasteiger partial charge in [-0.05, 0) is 93.3 Å². The van der Waals surface area contributed by atoms with Crippen LogP contribution in [0, 0.1) is 50.2 Å². The van der Waals surface area contributed by atoms with Crippen molar-refractivity contribution in [2.75, 3.05) is 6.61 Å². The molecule has 6 fully saturated rings. The molecule has 228 valence electrons. The third-order valence-electron chi connectivity index (χ3n) is 14.5. The molecule has 2 N–H and O–H groups in total. The number of hydrogen-bond acceptors (Lipinski definition) is 5. The van der Waals surface area contributed by atoms with Crippen LogP contribution in [-0.4, -0.2) is 40.6 Å². The topological polar surface area (TPSA) is 93.1 Å². The molecule has 9 atom stereocenters. The Kier molecular flexibility index (Phi) is 6.25. The summed E-state index contributed by atoms with van der Waals surface area (Å²) in [5.41, 5.74) is 0.153. The van der Waals surface area contributed by atoms with Crippen LogP contribution in [0.5, 0.6) is 0 Å². The number of hydrogen-bond donors (Lipinski definition) is 2. The van der Waals surface area contributed by atoms with Crippen LogP contribution in [0.4, 0.5) is 0 Å². The fourth-order valence-electron chi connectivity index (χ4n) is 11.7. The number of ether oxygens (including phenoxy) is 2. The van der Waals surface area contributed by atoms with Gasteiger partial charge in [0.1, 0.15) is 11.5 Å². The molecule has 5 aliphatic carbocycles. The van der Waals surface area contributed by atoms with Crippen LogP contribution < -0.4 is 0 Å². The fraction of sp³-hybridized carbons (Fsp3) is 0.829. The third-order valence-corrected chi connectivity index (χ3v) is 14.5. The average Bonchev–Trinajstić information content (AvgIpc) is 2.88. The van der Waals surface area contributed by atoms with Crippen molar-refractivity contribution < 1.29 is 29.3 Å². The van der Waals surface area contributed by atoms with Crippen molar-refractivity contribution >= 4 is 11.9 Å². The number of aliphatic carboxylic acids is 1. The second-order valence-corrected chi connectivity index (χ2v) is 16.7. The summed E-state index contributed by atoms with van der Waals surface area (Å²) in [5, 5.41) is 22.4. The largest absolute Gasteiger partial charge is 0.481 e. The Balaban J connectivity index is 1.44. The number of carbonyl (C=O) groups is 2. The number of carboxylic acids is 1. The molecule has 0 aromatic heterocycles. The molecule has 7 aliphatic rings. The van der Waals surface area contributed by atoms with E-state index in [0.717, 1.165) is 38.5 Å². The molecule has 6 heteroatoms. The molecule has 2 bridgehead atoms. The lowest BCUT2D eigenvalue weighted by atomic mass is 9.32. The molecular formula is C35H52O6. The number of rotatable bonds is 3. The van der Waals surface area contributed by atoms with Crippen LogP contribution in [0.2, 0.25) is 0 Å². The predicted molar refractivity (Wildman–Crippen MR) is 157 cm³/mol. The van der Waals surface area contributed by atoms with Crippen LogP contribution in [0.15, 0.2) is 23.3 Å². The Morgan fingerprint density at radius 3 is 2.32 bits per heavy atom. The highest BCUT2D eigenvalue weighted by Gasteiger charge is 2.75. The molecule has 6 nitrogen and oxygen atoms in total. The molecule has 1 spiro atoms. The van der Waals surface area contributed by atoms with Crippen LogP contribution in [-0.2, 0) is 19.1 Å². The van der Waals surface area contributed by atoms with Crippen molar-refractivity contribution in [3.63, 3.8) is 0 Å². The van der Waals surface area contributed by atoms with E-state index in [-0.39, 0.29) is 33.0 Å². The Hall–Kier alpha value is -1.66. The van der Waals surface area contributed by atoms with Gasteiger partial charge in [0.15, 0.2) is 5.79 Å². The maximum Gasteiger partial charge on any atom is 0.333 e. The second-order valence-electron chi connectivity index (χ2n) is 16.7. The van der Waals surface area contributed by atoms with Gasteiger partial charge in [-0.15, -0.1) is 0 Å². The molecule has 4 saturated carbocycles. The summed E-state index contributed by atoms with van der Waals surface area (Å²) >= 11 is 0. The molecule has 7 rings (SSSR count). The highest BCUT2D eigenvalue weighted by Crippen LogP contribution is 2.78. The number of fused-ring (bicyclic) bond motifs is 7. The van der Waals surface area contributed by atoms with Crippen molar-refractivity contribution in [1.82, 2.24) is 0 Å². The second kappa shape index (κ2) is 8.71. The third kappa shape index (κ3) is 3.50. The van der Waals surface area contributed by atoms with Gasteiger partial charge in [-0.3, -0.25) is 4.79 Å². The van der Waals surface area contributed by atoms with Gasteiger partial charge in [0, 0.05) is 28.7 Å². The number of allylic oxidation sites excluding steroid dienone is 3. The maximum absolute atomic E-state index is 13.4. The van der Waals surface area contributed by atoms with Crippen molar-refractivity contribution in [2.45, 2.75) is 125 Å². The molecular weight excluding hydrogens is 516 g/mol. The molecule has 0 amide bonds. The molecule has 0 radical (unpaired) electrons. The summed E-state index contributed by atoms with van der Waals surface area (Å²) in [6, 6.07) is 0. The fourth-order valence-corrected chi connectivity index (χ4v) is 11.7. The first-order chi connectivity index (χ1) is 18.9. The summed E-state index contributed by atoms with van der Waals surface area (Å²) in [6.07, 6.45) is 10.9. The highest BCUT2D eigenvalue weighted by molar-refractivity contribution is 5.88. The number of esters is 1. The summed E-state index contributed by atoms with van der Waals surface area (Å²) in [7, 11) is 0. The first-order valence-electron chi connectivity index (χ1n) is 16.1. The van der Waals surface area contributed by atoms with Crippen LogP contribution >= 0.6 is 0 Å². The lowest BCUT2D eigenvalue weighted by molar-refractivity contribution is -0.395. The van der Waals surface area contributed by atoms with Crippen molar-refractivity contribution in [3.05, 3.63) is 23.3 Å². The van der Waals surface area contributed by atoms with E-state index < -0.39 is 29.2 Å². The van der Waals surface area contributed by atoms with Gasteiger partial charge in [-0.1, -0.05) is 59.3 Å². The summed E-state index contributed by atoms with van der Waals surface area (Å²) in [6.45, 7) is 17.9. The van der Waals surface area contributed by atoms with E-state index in [0.29, 0.717) is 43.3 Å². The number of carbonyl (C=O) groups excluding carboxylic acids is 1. The van der Waals surface area contributed by atoms with E-state index in [1.165, 1.54) is 5.57 Å². The van der Waals surface area contributed by atoms with E-state index in [9.17, 15) is 19.8 Å². The van der Waals surface area contributed by atoms with Crippen LogP contribution in [0.25, 0.3) is 0 Å². The van der Waals surface area contributed by atoms with E-state index >= 15 is 0 Å². The zero-order chi connectivity index (χ0) is 30.0. The molecule has 41 heavy (non-hydrogen) atoms. The average molecular weight is 569 g/mol. The highest BCUT2D eigenvalue weighted by atomic mass is 16.6. The monoisotopic (exact) mass is 568 g/mol. The van der Waals surface area contributed by atoms with Crippen molar-refractivity contribution in [3.8, 4) is 0 Å². The summed E-state index contributed by atoms with van der Waals surface area (Å²) in [5.74, 6) is -1.60. The molecule has 2 aliphatic heterocycles. The Morgan fingerprint density at radius 1 is 1.00 bits per heavy atom. The van der Waals surface area contributed by atoms with Crippen molar-refractivity contribution in [2.24, 2.45) is 50.2 Å². The minimum atomic E-state index is -1.11. The molecule has 2 unspecified atom stereocenters. The van der Waals surface area contributed by atoms with Gasteiger partial charge in [-0.25, -0.2) is 4.79 Å². The van der Waals surface area contributed by atoms with Gasteiger partial charge in [0.05, 0.1) is 6.61 Å². The predicted octanol–water partition coefficient (Wildman–Crippen LogP) is 7.06. The van der Waals surface area contributed by atoms with Gasteiger partial charge in [-0.2, -0.15) is 0 Å². The Bertz CT molecular complexity index is 1220. The SMILES string of the molecule is C/C=C(/C)C(=O)O[C@@H]1CC(C)(C)CC2C3=CC[C@@H]4[C@]56CCC(O)(OC5)C(C)(C)[C@@H]6CC[C@@]4(C)[C@]3(C)CC[C@]21C(=O)O. The van der Waals surface area contributed by atoms with Gasteiger partial charge < -0.3 is 19.7 Å². The molecule has 0 aromatic carbocycles. The van der Waals surface area contributed by atoms with Crippen LogP contribution in [0.1, 0.15) is 113 Å². The van der Waals surface area contributed by atoms with Crippen LogP contribution in [0.3, 0.4) is 0 Å². The van der Waals surface area contributed by atoms with Crippen molar-refractivity contribution in [1.29, 1.82) is 0 Å². The number of carboxylic acid groups (broad SMARTS) is 1. The van der Waals surface area contributed by atoms with E-state index in [1.54, 1.807) is 13.0 Å². The lowest BCUT2D eigenvalue weighted by Gasteiger charge is -2.74. The smallest absolute Gasteiger partial charge is 0.333 e. The standard InChI is InChI=1S/C35H52O6/c1-9-21(2)27(36)41-26-19-29(3,4)18-23-22-10-11-25-32(8,31(22,7)14-16-34(23,26)28(37)38)13-12-24-30(5,6)35(39)17-15-33(24,25)20-40-35/h9-10,23-26,39H,11-20H2,1-8H3,(H,37,38)/b21-9-/t23?,24-,25-,26+,31+,32+,33+,34-,35?/m0/s1. The Morgan fingerprint density at radius 2 is 1.71 bits per heavy atom. The van der Waals surface area contributed by atoms with Gasteiger partial charge >= 0.3 is 11.9 Å².